The van der Waals surface area contributed by atoms with Crippen LogP contribution in [0, 0.1) is 64.6 Å². The second-order valence-electron chi connectivity index (χ2n) is 9.13. The van der Waals surface area contributed by atoms with E-state index in [0.29, 0.717) is 23.7 Å². The maximum absolute atomic E-state index is 13.0. The summed E-state index contributed by atoms with van der Waals surface area (Å²) in [7, 11) is 0. The Morgan fingerprint density at radius 1 is 0.810 bits per heavy atom. The molecule has 10 atom stereocenters. The molecular formula is C17H18O4. The first kappa shape index (κ1) is 10.6. The van der Waals surface area contributed by atoms with Gasteiger partial charge in [-0.25, -0.2) is 0 Å². The normalized spacial score (nSPS) is 67.1. The summed E-state index contributed by atoms with van der Waals surface area (Å²) in [5, 5.41) is 0. The fourth-order valence-corrected chi connectivity index (χ4v) is 9.23. The molecule has 0 radical (unpaired) electrons. The van der Waals surface area contributed by atoms with Crippen LogP contribution in [0.3, 0.4) is 0 Å². The first-order valence-electron chi connectivity index (χ1n) is 8.45. The molecule has 0 aromatic carbocycles. The molecule has 0 unspecified atom stereocenters. The van der Waals surface area contributed by atoms with Crippen LogP contribution in [0.2, 0.25) is 0 Å². The van der Waals surface area contributed by atoms with E-state index in [1.165, 1.54) is 6.42 Å². The van der Waals surface area contributed by atoms with Crippen molar-refractivity contribution in [2.24, 2.45) is 64.6 Å². The van der Waals surface area contributed by atoms with Crippen molar-refractivity contribution >= 4 is 11.9 Å². The molecule has 0 N–H and O–H groups in total. The van der Waals surface area contributed by atoms with E-state index in [4.69, 9.17) is 9.47 Å². The van der Waals surface area contributed by atoms with E-state index >= 15 is 0 Å². The third-order valence-electron chi connectivity index (χ3n) is 8.81. The number of esters is 2. The molecule has 1 aliphatic heterocycles. The lowest BCUT2D eigenvalue weighted by Crippen LogP contribution is -2.57. The smallest absolute Gasteiger partial charge is 0.327 e. The van der Waals surface area contributed by atoms with Crippen LogP contribution in [0.4, 0.5) is 0 Å². The van der Waals surface area contributed by atoms with Crippen LogP contribution in [0.15, 0.2) is 0 Å². The Labute approximate surface area is 122 Å². The van der Waals surface area contributed by atoms with Crippen LogP contribution < -0.4 is 0 Å². The summed E-state index contributed by atoms with van der Waals surface area (Å²) in [5.41, 5.74) is -0.906. The Bertz CT molecular complexity index is 608. The topological polar surface area (TPSA) is 52.6 Å². The van der Waals surface area contributed by atoms with Crippen molar-refractivity contribution in [3.05, 3.63) is 0 Å². The average Bonchev–Trinajstić information content (AvgIpc) is 2.95. The lowest BCUT2D eigenvalue weighted by molar-refractivity contribution is -0.255. The molecule has 7 aliphatic carbocycles. The monoisotopic (exact) mass is 286 g/mol. The summed E-state index contributed by atoms with van der Waals surface area (Å²) in [5.74, 6) is 4.78. The SMILES string of the molecule is CC1(C)OC(=O)C2(C(=O)O1)[C@@H]1[C@H]3[C@@H]4[C@H]5C[C@H]6[C@@H]4[C@H]3[C@H]2[C@@H]6[C@H]51. The predicted octanol–water partition coefficient (Wildman–Crippen LogP) is 1.44. The zero-order valence-corrected chi connectivity index (χ0v) is 12.1. The minimum Gasteiger partial charge on any atom is -0.422 e. The third-order valence-corrected chi connectivity index (χ3v) is 8.81. The van der Waals surface area contributed by atoms with Gasteiger partial charge in [-0.1, -0.05) is 0 Å². The van der Waals surface area contributed by atoms with Gasteiger partial charge < -0.3 is 9.47 Å². The zero-order chi connectivity index (χ0) is 14.0. The molecule has 0 aromatic heterocycles. The molecule has 4 nitrogen and oxygen atoms in total. The summed E-state index contributed by atoms with van der Waals surface area (Å²) in [6.45, 7) is 3.33. The van der Waals surface area contributed by atoms with Gasteiger partial charge in [-0.3, -0.25) is 9.59 Å². The maximum atomic E-state index is 13.0. The van der Waals surface area contributed by atoms with Crippen LogP contribution >= 0.6 is 0 Å². The van der Waals surface area contributed by atoms with Crippen molar-refractivity contribution in [2.75, 3.05) is 0 Å². The van der Waals surface area contributed by atoms with E-state index < -0.39 is 11.2 Å². The summed E-state index contributed by atoms with van der Waals surface area (Å²) in [4.78, 5) is 25.9. The number of hydrogen-bond acceptors (Lipinski definition) is 4. The van der Waals surface area contributed by atoms with E-state index in [9.17, 15) is 9.59 Å². The fraction of sp³-hybridized carbons (Fsp3) is 0.882. The van der Waals surface area contributed by atoms with Crippen LogP contribution in [-0.4, -0.2) is 17.7 Å². The largest absolute Gasteiger partial charge is 0.422 e. The van der Waals surface area contributed by atoms with Crippen molar-refractivity contribution in [2.45, 2.75) is 26.1 Å². The molecular weight excluding hydrogens is 268 g/mol. The summed E-state index contributed by atoms with van der Waals surface area (Å²) in [6, 6.07) is 0. The number of hydrogen-bond donors (Lipinski definition) is 0. The van der Waals surface area contributed by atoms with Crippen LogP contribution in [-0.2, 0) is 19.1 Å². The first-order valence-corrected chi connectivity index (χ1v) is 8.45. The number of rotatable bonds is 0. The van der Waals surface area contributed by atoms with E-state index in [2.05, 4.69) is 0 Å². The highest BCUT2D eigenvalue weighted by Crippen LogP contribution is 2.94. The molecule has 0 amide bonds. The Morgan fingerprint density at radius 2 is 1.29 bits per heavy atom. The van der Waals surface area contributed by atoms with Gasteiger partial charge in [0.15, 0.2) is 5.41 Å². The number of ether oxygens (including phenoxy) is 2. The van der Waals surface area contributed by atoms with Crippen molar-refractivity contribution in [1.29, 1.82) is 0 Å². The Kier molecular flexibility index (Phi) is 1.24. The molecule has 1 heterocycles. The molecule has 0 aromatic rings. The van der Waals surface area contributed by atoms with Gasteiger partial charge in [0, 0.05) is 13.8 Å². The molecule has 8 fully saturated rings. The highest BCUT2D eigenvalue weighted by atomic mass is 16.7. The van der Waals surface area contributed by atoms with Crippen molar-refractivity contribution in [3.8, 4) is 0 Å². The molecule has 7 saturated carbocycles. The number of cyclic esters (lactones) is 2. The Hall–Kier alpha value is -1.06. The molecule has 1 saturated heterocycles. The van der Waals surface area contributed by atoms with Crippen LogP contribution in [0.5, 0.6) is 0 Å². The second kappa shape index (κ2) is 2.44. The van der Waals surface area contributed by atoms with Crippen molar-refractivity contribution in [3.63, 3.8) is 0 Å². The van der Waals surface area contributed by atoms with Gasteiger partial charge >= 0.3 is 11.9 Å². The van der Waals surface area contributed by atoms with Crippen molar-refractivity contribution in [1.82, 2.24) is 0 Å². The van der Waals surface area contributed by atoms with Gasteiger partial charge in [-0.15, -0.1) is 0 Å². The average molecular weight is 286 g/mol. The predicted molar refractivity (Wildman–Crippen MR) is 68.2 cm³/mol. The standard InChI is InChI=1S/C17H18O4/c1-16(2)20-14(18)17(15(19)21-16)12-8-4-3-5-7-6(4)10(12)11(7)13(17)9(5)8/h4-13H,3H2,1-2H3/t4-,5+,6-,7+,8-,9-,10+,11-,12+,13-/m0/s1. The molecule has 8 rings (SSSR count). The minimum atomic E-state index is -1.09. The molecule has 4 heteroatoms. The molecule has 4 bridgehead atoms. The summed E-state index contributed by atoms with van der Waals surface area (Å²) < 4.78 is 11.2. The number of carbonyl (C=O) groups is 2. The highest BCUT2D eigenvalue weighted by molar-refractivity contribution is 6.04. The third kappa shape index (κ3) is 0.687. The van der Waals surface area contributed by atoms with Gasteiger partial charge in [-0.05, 0) is 65.6 Å². The molecule has 8 aliphatic rings. The van der Waals surface area contributed by atoms with E-state index in [-0.39, 0.29) is 23.8 Å². The van der Waals surface area contributed by atoms with Gasteiger partial charge in [0.2, 0.25) is 0 Å². The quantitative estimate of drug-likeness (QED) is 0.499. The summed E-state index contributed by atoms with van der Waals surface area (Å²) >= 11 is 0. The minimum absolute atomic E-state index is 0.249. The van der Waals surface area contributed by atoms with Crippen molar-refractivity contribution < 1.29 is 19.1 Å². The van der Waals surface area contributed by atoms with E-state index in [1.54, 1.807) is 13.8 Å². The Balaban J connectivity index is 1.48. The van der Waals surface area contributed by atoms with Gasteiger partial charge in [0.25, 0.3) is 5.79 Å². The van der Waals surface area contributed by atoms with E-state index in [1.807, 2.05) is 0 Å². The Morgan fingerprint density at radius 3 is 1.76 bits per heavy atom. The van der Waals surface area contributed by atoms with E-state index in [0.717, 1.165) is 23.7 Å². The number of carbonyl (C=O) groups excluding carboxylic acids is 2. The second-order valence-corrected chi connectivity index (χ2v) is 9.13. The van der Waals surface area contributed by atoms with Gasteiger partial charge in [0.05, 0.1) is 0 Å². The fourth-order valence-electron chi connectivity index (χ4n) is 9.23. The maximum Gasteiger partial charge on any atom is 0.327 e. The summed E-state index contributed by atoms with van der Waals surface area (Å²) in [6.07, 6.45) is 1.39. The molecule has 110 valence electrons. The highest BCUT2D eigenvalue weighted by Gasteiger charge is 2.96. The lowest BCUT2D eigenvalue weighted by atomic mass is 9.60. The zero-order valence-electron chi connectivity index (χ0n) is 12.1. The van der Waals surface area contributed by atoms with Gasteiger partial charge in [-0.2, -0.15) is 0 Å². The lowest BCUT2D eigenvalue weighted by Gasteiger charge is -2.44. The van der Waals surface area contributed by atoms with Gasteiger partial charge in [0.1, 0.15) is 0 Å². The molecule has 1 spiro atoms. The van der Waals surface area contributed by atoms with Crippen LogP contribution in [0.1, 0.15) is 20.3 Å². The van der Waals surface area contributed by atoms with Crippen LogP contribution in [0.25, 0.3) is 0 Å². The first-order chi connectivity index (χ1) is 9.98. The molecule has 21 heavy (non-hydrogen) atoms.